The number of imidazole rings is 1. The third-order valence-corrected chi connectivity index (χ3v) is 3.81. The van der Waals surface area contributed by atoms with Gasteiger partial charge in [-0.2, -0.15) is 0 Å². The average Bonchev–Trinajstić information content (AvgIpc) is 3.00. The third kappa shape index (κ3) is 4.35. The van der Waals surface area contributed by atoms with Crippen molar-refractivity contribution in [3.63, 3.8) is 0 Å². The molecule has 0 aliphatic rings. The average molecular weight is 324 g/mol. The maximum atomic E-state index is 10.5. The van der Waals surface area contributed by atoms with E-state index in [0.717, 1.165) is 35.5 Å². The molecule has 24 heavy (non-hydrogen) atoms. The van der Waals surface area contributed by atoms with Crippen LogP contribution in [0.1, 0.15) is 30.5 Å². The van der Waals surface area contributed by atoms with E-state index in [1.165, 1.54) is 0 Å². The van der Waals surface area contributed by atoms with E-state index >= 15 is 0 Å². The van der Waals surface area contributed by atoms with Crippen molar-refractivity contribution in [2.24, 2.45) is 0 Å². The number of pyridine rings is 1. The molecule has 124 valence electrons. The molecule has 0 fully saturated rings. The number of aliphatic carboxylic acids is 1. The van der Waals surface area contributed by atoms with Crippen molar-refractivity contribution in [3.05, 3.63) is 66.1 Å². The number of benzene rings is 1. The Morgan fingerprint density at radius 3 is 2.92 bits per heavy atom. The summed E-state index contributed by atoms with van der Waals surface area (Å²) in [4.78, 5) is 15.0. The second kappa shape index (κ2) is 7.64. The normalized spacial score (nSPS) is 10.8. The molecule has 0 saturated heterocycles. The topological polar surface area (TPSA) is 63.8 Å². The number of hydrogen-bond acceptors (Lipinski definition) is 3. The molecular formula is C19H20N2O3. The van der Waals surface area contributed by atoms with Gasteiger partial charge in [-0.15, -0.1) is 0 Å². The van der Waals surface area contributed by atoms with Gasteiger partial charge in [0.1, 0.15) is 18.0 Å². The first kappa shape index (κ1) is 16.1. The van der Waals surface area contributed by atoms with Crippen molar-refractivity contribution in [2.45, 2.75) is 32.3 Å². The quantitative estimate of drug-likeness (QED) is 0.642. The standard InChI is InChI=1S/C19H20N2O3/c22-19(23)10-2-1-6-15-7-5-8-17(12-15)24-14-16-13-21-11-4-3-9-18(21)20-16/h3-5,7-9,11-13H,1-2,6,10,14H2,(H,22,23). The number of carbonyl (C=O) groups is 1. The van der Waals surface area contributed by atoms with Crippen LogP contribution in [0.4, 0.5) is 0 Å². The van der Waals surface area contributed by atoms with E-state index in [4.69, 9.17) is 9.84 Å². The second-order valence-electron chi connectivity index (χ2n) is 5.74. The van der Waals surface area contributed by atoms with E-state index in [0.29, 0.717) is 13.0 Å². The predicted octanol–water partition coefficient (Wildman–Crippen LogP) is 3.71. The molecule has 1 N–H and O–H groups in total. The van der Waals surface area contributed by atoms with E-state index in [2.05, 4.69) is 4.98 Å². The highest BCUT2D eigenvalue weighted by molar-refractivity contribution is 5.66. The summed E-state index contributed by atoms with van der Waals surface area (Å²) in [5.74, 6) is 0.0716. The van der Waals surface area contributed by atoms with Crippen molar-refractivity contribution in [1.82, 2.24) is 9.38 Å². The Balaban J connectivity index is 1.55. The maximum absolute atomic E-state index is 10.5. The molecule has 0 atom stereocenters. The van der Waals surface area contributed by atoms with E-state index in [1.54, 1.807) is 0 Å². The monoisotopic (exact) mass is 324 g/mol. The summed E-state index contributed by atoms with van der Waals surface area (Å²) in [7, 11) is 0. The number of fused-ring (bicyclic) bond motifs is 1. The Hall–Kier alpha value is -2.82. The number of hydrogen-bond donors (Lipinski definition) is 1. The molecule has 0 aliphatic carbocycles. The van der Waals surface area contributed by atoms with Crippen LogP contribution >= 0.6 is 0 Å². The number of carboxylic acid groups (broad SMARTS) is 1. The summed E-state index contributed by atoms with van der Waals surface area (Å²) < 4.78 is 7.81. The molecule has 0 unspecified atom stereocenters. The van der Waals surface area contributed by atoms with Crippen LogP contribution < -0.4 is 4.74 Å². The zero-order valence-corrected chi connectivity index (χ0v) is 13.4. The minimum Gasteiger partial charge on any atom is -0.487 e. The highest BCUT2D eigenvalue weighted by Gasteiger charge is 2.03. The Bertz CT molecular complexity index is 793. The fourth-order valence-electron chi connectivity index (χ4n) is 2.61. The minimum absolute atomic E-state index is 0.226. The van der Waals surface area contributed by atoms with Crippen molar-refractivity contribution in [1.29, 1.82) is 0 Å². The van der Waals surface area contributed by atoms with E-state index in [-0.39, 0.29) is 6.42 Å². The predicted molar refractivity (Wildman–Crippen MR) is 91.2 cm³/mol. The summed E-state index contributed by atoms with van der Waals surface area (Å²) in [6, 6.07) is 13.8. The van der Waals surface area contributed by atoms with Gasteiger partial charge in [0.05, 0.1) is 5.69 Å². The number of ether oxygens (including phenoxy) is 1. The molecule has 0 saturated carbocycles. The maximum Gasteiger partial charge on any atom is 0.303 e. The summed E-state index contributed by atoms with van der Waals surface area (Å²) in [5, 5.41) is 8.66. The number of rotatable bonds is 8. The van der Waals surface area contributed by atoms with Gasteiger partial charge in [0.15, 0.2) is 0 Å². The lowest BCUT2D eigenvalue weighted by Gasteiger charge is -2.06. The van der Waals surface area contributed by atoms with Gasteiger partial charge < -0.3 is 14.2 Å². The first-order valence-electron chi connectivity index (χ1n) is 8.07. The highest BCUT2D eigenvalue weighted by Crippen LogP contribution is 2.17. The Morgan fingerprint density at radius 2 is 2.08 bits per heavy atom. The summed E-state index contributed by atoms with van der Waals surface area (Å²) in [5.41, 5.74) is 2.95. The fourth-order valence-corrected chi connectivity index (χ4v) is 2.61. The molecule has 0 bridgehead atoms. The van der Waals surface area contributed by atoms with Crippen molar-refractivity contribution in [2.75, 3.05) is 0 Å². The lowest BCUT2D eigenvalue weighted by atomic mass is 10.1. The largest absolute Gasteiger partial charge is 0.487 e. The smallest absolute Gasteiger partial charge is 0.303 e. The van der Waals surface area contributed by atoms with Crippen LogP contribution in [-0.2, 0) is 17.8 Å². The minimum atomic E-state index is -0.737. The SMILES string of the molecule is O=C(O)CCCCc1cccc(OCc2cn3ccccc3n2)c1. The molecular weight excluding hydrogens is 304 g/mol. The van der Waals surface area contributed by atoms with E-state index in [9.17, 15) is 4.79 Å². The Morgan fingerprint density at radius 1 is 1.17 bits per heavy atom. The van der Waals surface area contributed by atoms with Gasteiger partial charge in [-0.1, -0.05) is 18.2 Å². The summed E-state index contributed by atoms with van der Waals surface area (Å²) >= 11 is 0. The Labute approximate surface area is 140 Å². The van der Waals surface area contributed by atoms with Gasteiger partial charge in [-0.25, -0.2) is 4.98 Å². The molecule has 3 aromatic rings. The first-order chi connectivity index (χ1) is 11.7. The number of carboxylic acids is 1. The number of unbranched alkanes of at least 4 members (excludes halogenated alkanes) is 1. The van der Waals surface area contributed by atoms with Crippen LogP contribution in [0.25, 0.3) is 5.65 Å². The van der Waals surface area contributed by atoms with Gasteiger partial charge in [0, 0.05) is 18.8 Å². The number of nitrogens with zero attached hydrogens (tertiary/aromatic N) is 2. The van der Waals surface area contributed by atoms with E-state index in [1.807, 2.05) is 59.3 Å². The van der Waals surface area contributed by atoms with Gasteiger partial charge in [0.25, 0.3) is 0 Å². The summed E-state index contributed by atoms with van der Waals surface area (Å²) in [6.45, 7) is 0.421. The summed E-state index contributed by atoms with van der Waals surface area (Å²) in [6.07, 6.45) is 6.57. The molecule has 5 heteroatoms. The molecule has 0 spiro atoms. The van der Waals surface area contributed by atoms with Crippen LogP contribution in [0.2, 0.25) is 0 Å². The molecule has 3 rings (SSSR count). The van der Waals surface area contributed by atoms with Gasteiger partial charge >= 0.3 is 5.97 Å². The molecule has 0 aliphatic heterocycles. The zero-order chi connectivity index (χ0) is 16.8. The highest BCUT2D eigenvalue weighted by atomic mass is 16.5. The van der Waals surface area contributed by atoms with Crippen LogP contribution in [0.5, 0.6) is 5.75 Å². The van der Waals surface area contributed by atoms with Crippen molar-refractivity contribution < 1.29 is 14.6 Å². The van der Waals surface area contributed by atoms with Gasteiger partial charge in [-0.3, -0.25) is 4.79 Å². The van der Waals surface area contributed by atoms with Crippen LogP contribution in [0.15, 0.2) is 54.9 Å². The van der Waals surface area contributed by atoms with Crippen molar-refractivity contribution >= 4 is 11.6 Å². The molecule has 5 nitrogen and oxygen atoms in total. The molecule has 1 aromatic carbocycles. The van der Waals surface area contributed by atoms with Crippen LogP contribution in [-0.4, -0.2) is 20.5 Å². The van der Waals surface area contributed by atoms with Gasteiger partial charge in [0.2, 0.25) is 0 Å². The molecule has 2 aromatic heterocycles. The van der Waals surface area contributed by atoms with Crippen molar-refractivity contribution in [3.8, 4) is 5.75 Å². The zero-order valence-electron chi connectivity index (χ0n) is 13.4. The molecule has 0 amide bonds. The lowest BCUT2D eigenvalue weighted by molar-refractivity contribution is -0.137. The molecule has 2 heterocycles. The van der Waals surface area contributed by atoms with Crippen LogP contribution in [0, 0.1) is 0 Å². The molecule has 0 radical (unpaired) electrons. The third-order valence-electron chi connectivity index (χ3n) is 3.81. The first-order valence-corrected chi connectivity index (χ1v) is 8.07. The Kier molecular flexibility index (Phi) is 5.11. The second-order valence-corrected chi connectivity index (χ2v) is 5.74. The lowest BCUT2D eigenvalue weighted by Crippen LogP contribution is -1.97. The number of aryl methyl sites for hydroxylation is 1. The van der Waals surface area contributed by atoms with E-state index < -0.39 is 5.97 Å². The van der Waals surface area contributed by atoms with Crippen LogP contribution in [0.3, 0.4) is 0 Å². The number of aromatic nitrogens is 2. The van der Waals surface area contributed by atoms with Gasteiger partial charge in [-0.05, 0) is 49.1 Å². The fraction of sp³-hybridized carbons (Fsp3) is 0.263.